The van der Waals surface area contributed by atoms with Crippen molar-refractivity contribution in [1.82, 2.24) is 15.0 Å². The first-order valence-electron chi connectivity index (χ1n) is 8.36. The summed E-state index contributed by atoms with van der Waals surface area (Å²) < 4.78 is 5.39. The van der Waals surface area contributed by atoms with Gasteiger partial charge in [-0.2, -0.15) is 4.98 Å². The molecule has 5 heteroatoms. The summed E-state index contributed by atoms with van der Waals surface area (Å²) in [6.45, 7) is 8.73. The first-order valence-corrected chi connectivity index (χ1v) is 8.36. The van der Waals surface area contributed by atoms with Gasteiger partial charge >= 0.3 is 0 Å². The molecule has 1 aliphatic heterocycles. The van der Waals surface area contributed by atoms with E-state index in [0.717, 1.165) is 25.1 Å². The smallest absolute Gasteiger partial charge is 0.241 e. The van der Waals surface area contributed by atoms with Crippen LogP contribution in [0.15, 0.2) is 28.8 Å². The Bertz CT molecular complexity index is 634. The molecule has 0 spiro atoms. The number of aliphatic hydroxyl groups is 1. The Morgan fingerprint density at radius 2 is 2.00 bits per heavy atom. The van der Waals surface area contributed by atoms with Gasteiger partial charge in [0.1, 0.15) is 0 Å². The van der Waals surface area contributed by atoms with Gasteiger partial charge in [0.05, 0.1) is 12.6 Å². The van der Waals surface area contributed by atoms with Crippen LogP contribution in [0.5, 0.6) is 0 Å². The average molecular weight is 315 g/mol. The molecule has 23 heavy (non-hydrogen) atoms. The predicted molar refractivity (Wildman–Crippen MR) is 88.9 cm³/mol. The predicted octanol–water partition coefficient (Wildman–Crippen LogP) is 3.06. The second-order valence-corrected chi connectivity index (χ2v) is 6.81. The number of aromatic nitrogens is 2. The molecular weight excluding hydrogens is 290 g/mol. The minimum absolute atomic E-state index is 0.252. The molecule has 5 nitrogen and oxygen atoms in total. The van der Waals surface area contributed by atoms with Crippen molar-refractivity contribution in [3.63, 3.8) is 0 Å². The van der Waals surface area contributed by atoms with E-state index in [4.69, 9.17) is 4.52 Å². The van der Waals surface area contributed by atoms with Gasteiger partial charge in [0.25, 0.3) is 0 Å². The second-order valence-electron chi connectivity index (χ2n) is 6.81. The number of aliphatic hydroxyl groups excluding tert-OH is 1. The van der Waals surface area contributed by atoms with E-state index in [-0.39, 0.29) is 6.10 Å². The normalized spacial score (nSPS) is 20.3. The van der Waals surface area contributed by atoms with Crippen molar-refractivity contribution in [2.24, 2.45) is 5.92 Å². The van der Waals surface area contributed by atoms with Crippen LogP contribution in [0, 0.1) is 5.92 Å². The quantitative estimate of drug-likeness (QED) is 0.919. The lowest BCUT2D eigenvalue weighted by atomic mass is 10.0. The van der Waals surface area contributed by atoms with Crippen LogP contribution in [0.25, 0.3) is 11.4 Å². The molecule has 1 aliphatic rings. The third kappa shape index (κ3) is 3.79. The molecule has 0 amide bonds. The fourth-order valence-corrected chi connectivity index (χ4v) is 3.04. The maximum absolute atomic E-state index is 9.67. The van der Waals surface area contributed by atoms with E-state index >= 15 is 0 Å². The summed E-state index contributed by atoms with van der Waals surface area (Å²) in [6, 6.07) is 8.32. The molecule has 0 radical (unpaired) electrons. The van der Waals surface area contributed by atoms with E-state index in [9.17, 15) is 5.11 Å². The topological polar surface area (TPSA) is 62.4 Å². The Morgan fingerprint density at radius 3 is 2.61 bits per heavy atom. The van der Waals surface area contributed by atoms with Gasteiger partial charge in [-0.1, -0.05) is 43.3 Å². The van der Waals surface area contributed by atoms with Gasteiger partial charge in [0.2, 0.25) is 11.7 Å². The van der Waals surface area contributed by atoms with Gasteiger partial charge in [-0.3, -0.25) is 4.90 Å². The Hall–Kier alpha value is -1.72. The van der Waals surface area contributed by atoms with Crippen molar-refractivity contribution in [2.45, 2.75) is 45.8 Å². The van der Waals surface area contributed by atoms with Crippen LogP contribution in [0.4, 0.5) is 0 Å². The molecule has 0 saturated carbocycles. The van der Waals surface area contributed by atoms with Gasteiger partial charge < -0.3 is 9.63 Å². The van der Waals surface area contributed by atoms with Gasteiger partial charge in [-0.25, -0.2) is 0 Å². The van der Waals surface area contributed by atoms with Crippen molar-refractivity contribution >= 4 is 0 Å². The minimum atomic E-state index is -0.252. The Kier molecular flexibility index (Phi) is 4.78. The first kappa shape index (κ1) is 16.1. The molecule has 2 atom stereocenters. The zero-order chi connectivity index (χ0) is 16.4. The first-order chi connectivity index (χ1) is 11.0. The summed E-state index contributed by atoms with van der Waals surface area (Å²) in [5.41, 5.74) is 2.28. The van der Waals surface area contributed by atoms with E-state index in [1.807, 2.05) is 19.1 Å². The minimum Gasteiger partial charge on any atom is -0.393 e. The largest absolute Gasteiger partial charge is 0.393 e. The number of hydrogen-bond acceptors (Lipinski definition) is 5. The summed E-state index contributed by atoms with van der Waals surface area (Å²) in [5.74, 6) is 2.14. The fourth-order valence-electron chi connectivity index (χ4n) is 3.04. The maximum Gasteiger partial charge on any atom is 0.241 e. The van der Waals surface area contributed by atoms with E-state index < -0.39 is 0 Å². The van der Waals surface area contributed by atoms with Gasteiger partial charge in [0.15, 0.2) is 0 Å². The molecule has 1 saturated heterocycles. The number of nitrogens with zero attached hydrogens (tertiary/aromatic N) is 3. The van der Waals surface area contributed by atoms with Crippen LogP contribution in [0.2, 0.25) is 0 Å². The van der Waals surface area contributed by atoms with Crippen LogP contribution in [-0.2, 0) is 6.54 Å². The molecule has 2 unspecified atom stereocenters. The highest BCUT2D eigenvalue weighted by Gasteiger charge is 2.27. The maximum atomic E-state index is 9.67. The van der Waals surface area contributed by atoms with Crippen LogP contribution in [-0.4, -0.2) is 39.3 Å². The highest BCUT2D eigenvalue weighted by Crippen LogP contribution is 2.23. The zero-order valence-electron chi connectivity index (χ0n) is 14.1. The van der Waals surface area contributed by atoms with Crippen molar-refractivity contribution < 1.29 is 9.63 Å². The molecule has 1 N–H and O–H groups in total. The van der Waals surface area contributed by atoms with Crippen molar-refractivity contribution in [1.29, 1.82) is 0 Å². The molecule has 0 bridgehead atoms. The lowest BCUT2D eigenvalue weighted by Crippen LogP contribution is -2.24. The molecule has 1 fully saturated rings. The Labute approximate surface area is 137 Å². The standard InChI is InChI=1S/C18H25N3O2/c1-12(2)14-4-6-15(7-5-14)18-19-17(23-20-18)11-21-9-8-16(10-21)13(3)22/h4-7,12-13,16,22H,8-11H2,1-3H3. The number of benzene rings is 1. The molecule has 2 aromatic rings. The highest BCUT2D eigenvalue weighted by atomic mass is 16.5. The summed E-state index contributed by atoms with van der Waals surface area (Å²) in [6.07, 6.45) is 0.771. The lowest BCUT2D eigenvalue weighted by molar-refractivity contribution is 0.125. The van der Waals surface area contributed by atoms with Crippen LogP contribution >= 0.6 is 0 Å². The van der Waals surface area contributed by atoms with Crippen LogP contribution < -0.4 is 0 Å². The molecule has 3 rings (SSSR count). The van der Waals surface area contributed by atoms with Crippen molar-refractivity contribution in [3.8, 4) is 11.4 Å². The number of hydrogen-bond donors (Lipinski definition) is 1. The SMILES string of the molecule is CC(C)c1ccc(-c2noc(CN3CCC(C(C)O)C3)n2)cc1. The summed E-state index contributed by atoms with van der Waals surface area (Å²) in [7, 11) is 0. The molecule has 2 heterocycles. The van der Waals surface area contributed by atoms with Gasteiger partial charge in [-0.05, 0) is 37.3 Å². The Balaban J connectivity index is 1.64. The third-order valence-corrected chi connectivity index (χ3v) is 4.65. The van der Waals surface area contributed by atoms with E-state index in [1.165, 1.54) is 5.56 Å². The van der Waals surface area contributed by atoms with Crippen LogP contribution in [0.3, 0.4) is 0 Å². The van der Waals surface area contributed by atoms with E-state index in [1.54, 1.807) is 0 Å². The highest BCUT2D eigenvalue weighted by molar-refractivity contribution is 5.54. The van der Waals surface area contributed by atoms with Crippen LogP contribution in [0.1, 0.15) is 44.6 Å². The van der Waals surface area contributed by atoms with Gasteiger partial charge in [-0.15, -0.1) is 0 Å². The summed E-state index contributed by atoms with van der Waals surface area (Å²) in [5, 5.41) is 13.8. The Morgan fingerprint density at radius 1 is 1.26 bits per heavy atom. The van der Waals surface area contributed by atoms with E-state index in [2.05, 4.69) is 41.0 Å². The number of rotatable bonds is 5. The molecule has 0 aliphatic carbocycles. The summed E-state index contributed by atoms with van der Waals surface area (Å²) in [4.78, 5) is 6.77. The second kappa shape index (κ2) is 6.81. The van der Waals surface area contributed by atoms with Gasteiger partial charge in [0, 0.05) is 12.1 Å². The monoisotopic (exact) mass is 315 g/mol. The van der Waals surface area contributed by atoms with Crippen molar-refractivity contribution in [3.05, 3.63) is 35.7 Å². The summed E-state index contributed by atoms with van der Waals surface area (Å²) >= 11 is 0. The third-order valence-electron chi connectivity index (χ3n) is 4.65. The fraction of sp³-hybridized carbons (Fsp3) is 0.556. The lowest BCUT2D eigenvalue weighted by Gasteiger charge is -2.15. The van der Waals surface area contributed by atoms with E-state index in [0.29, 0.717) is 30.1 Å². The molecular formula is C18H25N3O2. The number of likely N-dealkylation sites (tertiary alicyclic amines) is 1. The molecule has 1 aromatic heterocycles. The molecule has 1 aromatic carbocycles. The average Bonchev–Trinajstić information content (AvgIpc) is 3.17. The zero-order valence-corrected chi connectivity index (χ0v) is 14.1. The van der Waals surface area contributed by atoms with Crippen molar-refractivity contribution in [2.75, 3.05) is 13.1 Å². The molecule has 124 valence electrons.